The third kappa shape index (κ3) is 7.09. The average Bonchev–Trinajstić information content (AvgIpc) is 3.85. The maximum Gasteiger partial charge on any atom is 0.252 e. The van der Waals surface area contributed by atoms with Crippen LogP contribution in [0.3, 0.4) is 0 Å². The summed E-state index contributed by atoms with van der Waals surface area (Å²) in [5, 5.41) is 50.4. The Kier molecular flexibility index (Phi) is 10.7. The van der Waals surface area contributed by atoms with E-state index in [4.69, 9.17) is 49.1 Å². The Hall–Kier alpha value is -7.77. The van der Waals surface area contributed by atoms with Gasteiger partial charge in [-0.25, -0.2) is 15.9 Å². The highest BCUT2D eigenvalue weighted by Crippen LogP contribution is 2.42. The van der Waals surface area contributed by atoms with Crippen LogP contribution in [0.4, 0.5) is 22.7 Å². The molecule has 6 N–H and O–H groups in total. The lowest BCUT2D eigenvalue weighted by atomic mass is 10.1. The largest absolute Gasteiger partial charge is 0.494 e. The minimum Gasteiger partial charge on any atom is -0.494 e. The summed E-state index contributed by atoms with van der Waals surface area (Å²) in [6.45, 7) is 3.38. The molecule has 5 aromatic heterocycles. The number of imidazole rings is 2. The summed E-state index contributed by atoms with van der Waals surface area (Å²) in [7, 11) is 3.00. The van der Waals surface area contributed by atoms with E-state index in [0.29, 0.717) is 94.3 Å². The standard InChI is InChI=1S/C44H34Cl2N12O6/c1-20-26(19-64-48)41-49-31-17-24(45)7-13-33(31)57(41)43(60)38(20)55-53-29-9-5-22(15-35(29)62-3)27-11-12-28(52-51-27)23-6-10-30(36(16-23)63-4)54-56-39-21(2)37(40(47)59)42-50-32-18-25(46)8-14-34(32)58(42)44(39)61/h5-18,60-61H,19,48H2,1-4H3,(H2,47,59). The molecule has 5 heterocycles. The van der Waals surface area contributed by atoms with Crippen molar-refractivity contribution in [1.82, 2.24) is 29.0 Å². The molecule has 1 amide bonds. The summed E-state index contributed by atoms with van der Waals surface area (Å²) in [5.41, 5.74) is 13.5. The van der Waals surface area contributed by atoms with Gasteiger partial charge in [0.1, 0.15) is 39.9 Å². The van der Waals surface area contributed by atoms with Gasteiger partial charge in [0, 0.05) is 26.7 Å². The molecule has 0 saturated heterocycles. The van der Waals surface area contributed by atoms with Crippen molar-refractivity contribution in [2.24, 2.45) is 32.1 Å². The highest BCUT2D eigenvalue weighted by molar-refractivity contribution is 6.31. The van der Waals surface area contributed by atoms with Gasteiger partial charge in [-0.1, -0.05) is 35.3 Å². The quantitative estimate of drug-likeness (QED) is 0.0702. The molecule has 0 spiro atoms. The number of halogens is 2. The molecule has 0 aliphatic carbocycles. The van der Waals surface area contributed by atoms with Crippen molar-refractivity contribution in [1.29, 1.82) is 0 Å². The van der Waals surface area contributed by atoms with E-state index in [0.717, 1.165) is 0 Å². The minimum atomic E-state index is -0.750. The molecule has 9 aromatic rings. The van der Waals surface area contributed by atoms with Gasteiger partial charge < -0.3 is 25.4 Å². The number of hydrogen-bond acceptors (Lipinski definition) is 15. The molecule has 4 aromatic carbocycles. The minimum absolute atomic E-state index is 0.00565. The fourth-order valence-corrected chi connectivity index (χ4v) is 7.86. The SMILES string of the molecule is COc1cc(-c2ccc(-c3ccc(N=Nc4c(C)c(C(N)=O)c5nc6cc(Cl)ccc6n5c4O)c(OC)c3)nn2)ccc1N=Nc1c(C)c(CON)c2nc3cc(Cl)ccc3n2c1O. The van der Waals surface area contributed by atoms with E-state index < -0.39 is 5.91 Å². The van der Waals surface area contributed by atoms with Gasteiger partial charge in [-0.15, -0.1) is 30.7 Å². The third-order valence-corrected chi connectivity index (χ3v) is 11.2. The number of nitrogens with two attached hydrogens (primary N) is 2. The summed E-state index contributed by atoms with van der Waals surface area (Å²) in [6.07, 6.45) is 0. The van der Waals surface area contributed by atoms with Crippen molar-refractivity contribution in [3.63, 3.8) is 0 Å². The van der Waals surface area contributed by atoms with Crippen LogP contribution in [0.2, 0.25) is 10.0 Å². The number of primary amides is 1. The number of methoxy groups -OCH3 is 2. The predicted molar refractivity (Wildman–Crippen MR) is 240 cm³/mol. The number of nitrogens with zero attached hydrogens (tertiary/aromatic N) is 10. The Bertz CT molecular complexity index is 3440. The van der Waals surface area contributed by atoms with Crippen LogP contribution in [-0.2, 0) is 11.4 Å². The van der Waals surface area contributed by atoms with Crippen molar-refractivity contribution >= 4 is 85.2 Å². The number of aromatic hydroxyl groups is 2. The van der Waals surface area contributed by atoms with Gasteiger partial charge in [-0.3, -0.25) is 18.4 Å². The van der Waals surface area contributed by atoms with Gasteiger partial charge in [0.05, 0.1) is 59.8 Å². The monoisotopic (exact) mass is 896 g/mol. The zero-order valence-electron chi connectivity index (χ0n) is 34.2. The number of azo groups is 2. The Balaban J connectivity index is 0.984. The molecule has 64 heavy (non-hydrogen) atoms. The number of ether oxygens (including phenoxy) is 2. The van der Waals surface area contributed by atoms with E-state index in [1.54, 1.807) is 97.1 Å². The number of carbonyl (C=O) groups excluding carboxylic acids is 1. The smallest absolute Gasteiger partial charge is 0.252 e. The molecule has 0 fully saturated rings. The normalized spacial score (nSPS) is 11.9. The Morgan fingerprint density at radius 1 is 0.672 bits per heavy atom. The molecule has 0 bridgehead atoms. The molecule has 9 rings (SSSR count). The highest BCUT2D eigenvalue weighted by atomic mass is 35.5. The van der Waals surface area contributed by atoms with Gasteiger partial charge in [0.15, 0.2) is 5.65 Å². The number of amides is 1. The van der Waals surface area contributed by atoms with E-state index in [2.05, 4.69) is 40.6 Å². The molecule has 18 nitrogen and oxygen atoms in total. The van der Waals surface area contributed by atoms with Crippen LogP contribution in [0.5, 0.6) is 23.3 Å². The second kappa shape index (κ2) is 16.5. The lowest BCUT2D eigenvalue weighted by Gasteiger charge is -2.12. The lowest BCUT2D eigenvalue weighted by molar-refractivity contribution is 0.100. The van der Waals surface area contributed by atoms with Crippen molar-refractivity contribution in [2.45, 2.75) is 20.5 Å². The number of fused-ring (bicyclic) bond motifs is 6. The molecular formula is C44H34Cl2N12O6. The van der Waals surface area contributed by atoms with Crippen LogP contribution in [0, 0.1) is 13.8 Å². The zero-order chi connectivity index (χ0) is 45.0. The third-order valence-electron chi connectivity index (χ3n) is 10.7. The van der Waals surface area contributed by atoms with Crippen LogP contribution in [-0.4, -0.2) is 59.3 Å². The summed E-state index contributed by atoms with van der Waals surface area (Å²) >= 11 is 12.4. The molecule has 20 heteroatoms. The number of pyridine rings is 2. The fraction of sp³-hybridized carbons (Fsp3) is 0.114. The van der Waals surface area contributed by atoms with Crippen molar-refractivity contribution in [3.8, 4) is 45.8 Å². The van der Waals surface area contributed by atoms with Gasteiger partial charge in [0.25, 0.3) is 5.91 Å². The second-order valence-corrected chi connectivity index (χ2v) is 15.3. The molecule has 0 aliphatic rings. The molecule has 0 unspecified atom stereocenters. The summed E-state index contributed by atoms with van der Waals surface area (Å²) in [6, 6.07) is 24.2. The first-order chi connectivity index (χ1) is 30.9. The van der Waals surface area contributed by atoms with E-state index in [-0.39, 0.29) is 46.5 Å². The van der Waals surface area contributed by atoms with E-state index in [1.165, 1.54) is 18.6 Å². The zero-order valence-corrected chi connectivity index (χ0v) is 35.7. The van der Waals surface area contributed by atoms with Gasteiger partial charge in [-0.05, 0) is 97.8 Å². The van der Waals surface area contributed by atoms with Crippen molar-refractivity contribution in [2.75, 3.05) is 14.2 Å². The van der Waals surface area contributed by atoms with Gasteiger partial charge in [0.2, 0.25) is 11.8 Å². The van der Waals surface area contributed by atoms with Gasteiger partial charge in [-0.2, -0.15) is 0 Å². The predicted octanol–water partition coefficient (Wildman–Crippen LogP) is 10.1. The number of rotatable bonds is 11. The topological polar surface area (TPSA) is 247 Å². The van der Waals surface area contributed by atoms with Crippen LogP contribution < -0.4 is 21.1 Å². The van der Waals surface area contributed by atoms with E-state index in [1.807, 2.05) is 6.07 Å². The number of hydrogen-bond donors (Lipinski definition) is 4. The first-order valence-corrected chi connectivity index (χ1v) is 20.0. The van der Waals surface area contributed by atoms with Crippen LogP contribution in [0.15, 0.2) is 105 Å². The average molecular weight is 898 g/mol. The van der Waals surface area contributed by atoms with Crippen LogP contribution in [0.1, 0.15) is 27.0 Å². The second-order valence-electron chi connectivity index (χ2n) is 14.4. The Morgan fingerprint density at radius 2 is 1.16 bits per heavy atom. The Labute approximate surface area is 372 Å². The number of carbonyl (C=O) groups is 1. The first kappa shape index (κ1) is 41.6. The maximum absolute atomic E-state index is 12.6. The van der Waals surface area contributed by atoms with E-state index >= 15 is 0 Å². The molecular weight excluding hydrogens is 863 g/mol. The number of aromatic nitrogens is 6. The maximum atomic E-state index is 12.6. The Morgan fingerprint density at radius 3 is 1.62 bits per heavy atom. The summed E-state index contributed by atoms with van der Waals surface area (Å²) in [4.78, 5) is 26.8. The first-order valence-electron chi connectivity index (χ1n) is 19.2. The van der Waals surface area contributed by atoms with Crippen molar-refractivity contribution in [3.05, 3.63) is 117 Å². The molecule has 320 valence electrons. The van der Waals surface area contributed by atoms with Crippen LogP contribution in [0.25, 0.3) is 55.9 Å². The van der Waals surface area contributed by atoms with Gasteiger partial charge >= 0.3 is 0 Å². The molecule has 0 radical (unpaired) electrons. The van der Waals surface area contributed by atoms with E-state index in [9.17, 15) is 15.0 Å². The van der Waals surface area contributed by atoms with Crippen molar-refractivity contribution < 1.29 is 29.3 Å². The summed E-state index contributed by atoms with van der Waals surface area (Å²) in [5.74, 6) is 5.01. The highest BCUT2D eigenvalue weighted by Gasteiger charge is 2.25. The molecule has 0 atom stereocenters. The summed E-state index contributed by atoms with van der Waals surface area (Å²) < 4.78 is 14.3. The van der Waals surface area contributed by atoms with Crippen LogP contribution >= 0.6 is 23.2 Å². The lowest BCUT2D eigenvalue weighted by Crippen LogP contribution is -2.15. The molecule has 0 saturated carbocycles. The fourth-order valence-electron chi connectivity index (χ4n) is 7.53. The molecule has 0 aliphatic heterocycles. The number of benzene rings is 4.